The third-order valence-corrected chi connectivity index (χ3v) is 3.59. The van der Waals surface area contributed by atoms with Gasteiger partial charge in [0.05, 0.1) is 0 Å². The number of halogens is 1. The predicted octanol–water partition coefficient (Wildman–Crippen LogP) is 3.71. The zero-order valence-corrected chi connectivity index (χ0v) is 11.7. The van der Waals surface area contributed by atoms with Gasteiger partial charge >= 0.3 is 0 Å². The number of nitrogens with one attached hydrogen (secondary N) is 1. The standard InChI is InChI=1S/C16H18FN3/c1-10(2)16-18-7-6-15(20-16)19-14-9-13(14)11-4-3-5-12(17)8-11/h3-8,10,13-14H,9H2,1-2H3,(H,18,19,20)/t13-,14+/m0/s1. The number of rotatable bonds is 4. The molecule has 20 heavy (non-hydrogen) atoms. The second-order valence-electron chi connectivity index (χ2n) is 5.60. The molecule has 0 radical (unpaired) electrons. The lowest BCUT2D eigenvalue weighted by molar-refractivity contribution is 0.625. The highest BCUT2D eigenvalue weighted by atomic mass is 19.1. The van der Waals surface area contributed by atoms with E-state index in [0.717, 1.165) is 23.6 Å². The molecule has 1 N–H and O–H groups in total. The summed E-state index contributed by atoms with van der Waals surface area (Å²) in [5.74, 6) is 2.22. The van der Waals surface area contributed by atoms with E-state index in [2.05, 4.69) is 29.1 Å². The van der Waals surface area contributed by atoms with Crippen LogP contribution < -0.4 is 5.32 Å². The van der Waals surface area contributed by atoms with Gasteiger partial charge in [-0.2, -0.15) is 0 Å². The first kappa shape index (κ1) is 13.0. The fourth-order valence-corrected chi connectivity index (χ4v) is 2.38. The molecule has 1 saturated carbocycles. The minimum absolute atomic E-state index is 0.169. The van der Waals surface area contributed by atoms with Crippen molar-refractivity contribution in [3.8, 4) is 0 Å². The van der Waals surface area contributed by atoms with Crippen LogP contribution in [-0.2, 0) is 0 Å². The largest absolute Gasteiger partial charge is 0.367 e. The van der Waals surface area contributed by atoms with Crippen molar-refractivity contribution in [2.45, 2.75) is 38.1 Å². The Morgan fingerprint density at radius 3 is 2.90 bits per heavy atom. The van der Waals surface area contributed by atoms with Crippen LogP contribution >= 0.6 is 0 Å². The van der Waals surface area contributed by atoms with Gasteiger partial charge in [0, 0.05) is 24.1 Å². The first-order valence-corrected chi connectivity index (χ1v) is 6.98. The van der Waals surface area contributed by atoms with Crippen LogP contribution in [0, 0.1) is 5.82 Å². The highest BCUT2D eigenvalue weighted by Crippen LogP contribution is 2.42. The van der Waals surface area contributed by atoms with E-state index in [-0.39, 0.29) is 5.82 Å². The summed E-state index contributed by atoms with van der Waals surface area (Å²) in [5, 5.41) is 3.41. The van der Waals surface area contributed by atoms with Crippen LogP contribution in [0.25, 0.3) is 0 Å². The third kappa shape index (κ3) is 2.79. The zero-order valence-electron chi connectivity index (χ0n) is 11.7. The molecular weight excluding hydrogens is 253 g/mol. The first-order chi connectivity index (χ1) is 9.63. The molecular formula is C16H18FN3. The molecule has 1 aromatic carbocycles. The predicted molar refractivity (Wildman–Crippen MR) is 77.3 cm³/mol. The topological polar surface area (TPSA) is 37.8 Å². The molecule has 0 spiro atoms. The van der Waals surface area contributed by atoms with Gasteiger partial charge in [-0.1, -0.05) is 26.0 Å². The maximum atomic E-state index is 13.2. The normalized spacial score (nSPS) is 21.0. The Labute approximate surface area is 118 Å². The number of anilines is 1. The van der Waals surface area contributed by atoms with E-state index in [1.165, 1.54) is 6.07 Å². The van der Waals surface area contributed by atoms with Gasteiger partial charge in [0.1, 0.15) is 17.5 Å². The second kappa shape index (κ2) is 5.19. The van der Waals surface area contributed by atoms with Crippen LogP contribution in [-0.4, -0.2) is 16.0 Å². The summed E-state index contributed by atoms with van der Waals surface area (Å²) >= 11 is 0. The van der Waals surface area contributed by atoms with Crippen molar-refractivity contribution < 1.29 is 4.39 Å². The van der Waals surface area contributed by atoms with Crippen molar-refractivity contribution in [3.05, 3.63) is 53.7 Å². The molecule has 1 aromatic heterocycles. The summed E-state index contributed by atoms with van der Waals surface area (Å²) in [4.78, 5) is 8.76. The Bertz CT molecular complexity index is 612. The molecule has 0 aliphatic heterocycles. The van der Waals surface area contributed by atoms with Crippen LogP contribution in [0.2, 0.25) is 0 Å². The van der Waals surface area contributed by atoms with Gasteiger partial charge in [-0.15, -0.1) is 0 Å². The van der Waals surface area contributed by atoms with E-state index in [1.807, 2.05) is 12.1 Å². The smallest absolute Gasteiger partial charge is 0.133 e. The van der Waals surface area contributed by atoms with E-state index in [9.17, 15) is 4.39 Å². The molecule has 1 fully saturated rings. The zero-order chi connectivity index (χ0) is 14.1. The molecule has 0 saturated heterocycles. The lowest BCUT2D eigenvalue weighted by Crippen LogP contribution is -2.08. The molecule has 1 heterocycles. The summed E-state index contributed by atoms with van der Waals surface area (Å²) in [5.41, 5.74) is 1.06. The number of nitrogens with zero attached hydrogens (tertiary/aromatic N) is 2. The van der Waals surface area contributed by atoms with Crippen LogP contribution in [0.5, 0.6) is 0 Å². The van der Waals surface area contributed by atoms with Crippen molar-refractivity contribution >= 4 is 5.82 Å². The van der Waals surface area contributed by atoms with Gasteiger partial charge in [-0.25, -0.2) is 14.4 Å². The summed E-state index contributed by atoms with van der Waals surface area (Å²) in [6.07, 6.45) is 2.80. The Balaban J connectivity index is 1.67. The van der Waals surface area contributed by atoms with Gasteiger partial charge < -0.3 is 5.32 Å². The second-order valence-corrected chi connectivity index (χ2v) is 5.60. The molecule has 0 unspecified atom stereocenters. The van der Waals surface area contributed by atoms with E-state index in [4.69, 9.17) is 0 Å². The van der Waals surface area contributed by atoms with Crippen LogP contribution in [0.1, 0.15) is 43.5 Å². The highest BCUT2D eigenvalue weighted by molar-refractivity contribution is 5.41. The molecule has 2 aromatic rings. The average molecular weight is 271 g/mol. The minimum Gasteiger partial charge on any atom is -0.367 e. The van der Waals surface area contributed by atoms with E-state index in [0.29, 0.717) is 17.9 Å². The van der Waals surface area contributed by atoms with E-state index >= 15 is 0 Å². The number of aromatic nitrogens is 2. The first-order valence-electron chi connectivity index (χ1n) is 6.98. The lowest BCUT2D eigenvalue weighted by Gasteiger charge is -2.08. The Hall–Kier alpha value is -1.97. The van der Waals surface area contributed by atoms with Gasteiger partial charge in [-0.3, -0.25) is 0 Å². The van der Waals surface area contributed by atoms with Gasteiger partial charge in [-0.05, 0) is 30.2 Å². The average Bonchev–Trinajstić information content (AvgIpc) is 3.18. The monoisotopic (exact) mass is 271 g/mol. The molecule has 2 atom stereocenters. The summed E-state index contributed by atoms with van der Waals surface area (Å²) in [6, 6.07) is 9.06. The number of hydrogen-bond acceptors (Lipinski definition) is 3. The van der Waals surface area contributed by atoms with Gasteiger partial charge in [0.25, 0.3) is 0 Å². The fourth-order valence-electron chi connectivity index (χ4n) is 2.38. The Kier molecular flexibility index (Phi) is 3.38. The van der Waals surface area contributed by atoms with Crippen molar-refractivity contribution in [3.63, 3.8) is 0 Å². The molecule has 1 aliphatic rings. The lowest BCUT2D eigenvalue weighted by atomic mass is 10.1. The number of hydrogen-bond donors (Lipinski definition) is 1. The molecule has 3 rings (SSSR count). The molecule has 1 aliphatic carbocycles. The molecule has 0 amide bonds. The minimum atomic E-state index is -0.169. The van der Waals surface area contributed by atoms with Gasteiger partial charge in [0.15, 0.2) is 0 Å². The fraction of sp³-hybridized carbons (Fsp3) is 0.375. The molecule has 3 nitrogen and oxygen atoms in total. The van der Waals surface area contributed by atoms with Crippen molar-refractivity contribution in [1.29, 1.82) is 0 Å². The van der Waals surface area contributed by atoms with E-state index < -0.39 is 0 Å². The van der Waals surface area contributed by atoms with E-state index in [1.54, 1.807) is 18.3 Å². The maximum Gasteiger partial charge on any atom is 0.133 e. The summed E-state index contributed by atoms with van der Waals surface area (Å²) in [6.45, 7) is 4.15. The van der Waals surface area contributed by atoms with Crippen LogP contribution in [0.4, 0.5) is 10.2 Å². The van der Waals surface area contributed by atoms with Crippen molar-refractivity contribution in [2.75, 3.05) is 5.32 Å². The highest BCUT2D eigenvalue weighted by Gasteiger charge is 2.38. The Morgan fingerprint density at radius 2 is 2.15 bits per heavy atom. The Morgan fingerprint density at radius 1 is 1.30 bits per heavy atom. The number of benzene rings is 1. The SMILES string of the molecule is CC(C)c1nccc(N[C@@H]2C[C@H]2c2cccc(F)c2)n1. The maximum absolute atomic E-state index is 13.2. The molecule has 4 heteroatoms. The van der Waals surface area contributed by atoms with Crippen LogP contribution in [0.3, 0.4) is 0 Å². The van der Waals surface area contributed by atoms with Gasteiger partial charge in [0.2, 0.25) is 0 Å². The quantitative estimate of drug-likeness (QED) is 0.921. The molecule has 0 bridgehead atoms. The van der Waals surface area contributed by atoms with Crippen LogP contribution in [0.15, 0.2) is 36.5 Å². The van der Waals surface area contributed by atoms with Crippen molar-refractivity contribution in [2.24, 2.45) is 0 Å². The summed E-state index contributed by atoms with van der Waals surface area (Å²) in [7, 11) is 0. The molecule has 104 valence electrons. The third-order valence-electron chi connectivity index (χ3n) is 3.59. The summed E-state index contributed by atoms with van der Waals surface area (Å²) < 4.78 is 13.2. The van der Waals surface area contributed by atoms with Crippen molar-refractivity contribution in [1.82, 2.24) is 9.97 Å².